The zero-order valence-corrected chi connectivity index (χ0v) is 18.4. The molecule has 3 fully saturated rings. The Morgan fingerprint density at radius 1 is 1.12 bits per heavy atom. The number of thiazole rings is 1. The molecule has 10 heteroatoms. The Morgan fingerprint density at radius 2 is 1.84 bits per heavy atom. The second-order valence-corrected chi connectivity index (χ2v) is 11.2. The van der Waals surface area contributed by atoms with E-state index < -0.39 is 17.8 Å². The third-order valence-electron chi connectivity index (χ3n) is 7.64. The van der Waals surface area contributed by atoms with Gasteiger partial charge in [-0.3, -0.25) is 24.1 Å². The highest BCUT2D eigenvalue weighted by Gasteiger charge is 2.69. The molecule has 1 aromatic heterocycles. The van der Waals surface area contributed by atoms with Crippen LogP contribution in [0.4, 0.5) is 0 Å². The summed E-state index contributed by atoms with van der Waals surface area (Å²) in [5.74, 6) is -2.56. The summed E-state index contributed by atoms with van der Waals surface area (Å²) in [6.45, 7) is -0.0918. The van der Waals surface area contributed by atoms with E-state index in [0.717, 1.165) is 38.1 Å². The van der Waals surface area contributed by atoms with Crippen molar-refractivity contribution >= 4 is 40.9 Å². The van der Waals surface area contributed by atoms with E-state index in [9.17, 15) is 24.3 Å². The van der Waals surface area contributed by atoms with Crippen molar-refractivity contribution < 1.29 is 24.6 Å². The summed E-state index contributed by atoms with van der Waals surface area (Å²) in [4.78, 5) is 54.4. The summed E-state index contributed by atoms with van der Waals surface area (Å²) in [5.41, 5.74) is 0.739. The van der Waals surface area contributed by atoms with Crippen molar-refractivity contribution in [2.24, 2.45) is 29.6 Å². The topological polar surface area (TPSA) is 128 Å². The highest BCUT2D eigenvalue weighted by molar-refractivity contribution is 8.00. The first-order chi connectivity index (χ1) is 15.4. The van der Waals surface area contributed by atoms with Gasteiger partial charge in [-0.15, -0.1) is 11.8 Å². The van der Waals surface area contributed by atoms with Gasteiger partial charge in [-0.2, -0.15) is 0 Å². The number of carboxylic acids is 1. The van der Waals surface area contributed by atoms with Crippen LogP contribution in [0.2, 0.25) is 0 Å². The average Bonchev–Trinajstić information content (AvgIpc) is 3.46. The maximum Gasteiger partial charge on any atom is 0.305 e. The van der Waals surface area contributed by atoms with Crippen LogP contribution in [0.1, 0.15) is 29.2 Å². The summed E-state index contributed by atoms with van der Waals surface area (Å²) >= 11 is 2.73. The van der Waals surface area contributed by atoms with Crippen LogP contribution in [-0.4, -0.2) is 49.7 Å². The minimum Gasteiger partial charge on any atom is -0.508 e. The molecule has 3 heterocycles. The molecule has 6 rings (SSSR count). The monoisotopic (exact) mass is 472 g/mol. The van der Waals surface area contributed by atoms with Crippen LogP contribution in [0.5, 0.6) is 5.75 Å². The van der Waals surface area contributed by atoms with Crippen molar-refractivity contribution in [1.82, 2.24) is 9.88 Å². The summed E-state index contributed by atoms with van der Waals surface area (Å²) in [5, 5.41) is 20.5. The number of hydrogen-bond donors (Lipinski definition) is 3. The van der Waals surface area contributed by atoms with E-state index in [1.165, 1.54) is 0 Å². The van der Waals surface area contributed by atoms with Crippen molar-refractivity contribution in [3.05, 3.63) is 44.4 Å². The van der Waals surface area contributed by atoms with Crippen molar-refractivity contribution in [3.63, 3.8) is 0 Å². The van der Waals surface area contributed by atoms with Gasteiger partial charge in [-0.1, -0.05) is 29.5 Å². The number of rotatable bonds is 4. The van der Waals surface area contributed by atoms with Crippen LogP contribution in [0.3, 0.4) is 0 Å². The maximum absolute atomic E-state index is 13.2. The number of H-pyrrole nitrogens is 1. The number of nitrogens with zero attached hydrogens (tertiary/aromatic N) is 1. The number of fused-ring (bicyclic) bond motifs is 9. The van der Waals surface area contributed by atoms with Crippen LogP contribution in [0, 0.1) is 29.6 Å². The molecule has 2 saturated carbocycles. The first-order valence-corrected chi connectivity index (χ1v) is 12.3. The van der Waals surface area contributed by atoms with Gasteiger partial charge in [-0.05, 0) is 30.2 Å². The van der Waals surface area contributed by atoms with Gasteiger partial charge in [-0.25, -0.2) is 0 Å². The molecule has 2 aromatic rings. The molecule has 2 aliphatic carbocycles. The molecule has 1 aromatic carbocycles. The highest BCUT2D eigenvalue weighted by Crippen LogP contribution is 2.68. The molecule has 2 aliphatic heterocycles. The lowest BCUT2D eigenvalue weighted by atomic mass is 9.68. The van der Waals surface area contributed by atoms with Crippen molar-refractivity contribution in [2.45, 2.75) is 29.0 Å². The fourth-order valence-corrected chi connectivity index (χ4v) is 9.48. The molecule has 2 bridgehead atoms. The molecule has 0 radical (unpaired) electrons. The predicted octanol–water partition coefficient (Wildman–Crippen LogP) is 2.09. The van der Waals surface area contributed by atoms with Crippen LogP contribution in [0.15, 0.2) is 34.1 Å². The number of carbonyl (C=O) groups is 3. The molecule has 0 spiro atoms. The fraction of sp³-hybridized carbons (Fsp3) is 0.455. The van der Waals surface area contributed by atoms with Crippen molar-refractivity contribution in [3.8, 4) is 5.75 Å². The van der Waals surface area contributed by atoms with Gasteiger partial charge >= 0.3 is 10.8 Å². The number of aliphatic carboxylic acids is 1. The summed E-state index contributed by atoms with van der Waals surface area (Å²) in [6.07, 6.45) is 0.498. The van der Waals surface area contributed by atoms with E-state index in [-0.39, 0.29) is 64.3 Å². The number of carboxylic acid groups (broad SMARTS) is 1. The number of thioether (sulfide) groups is 1. The smallest absolute Gasteiger partial charge is 0.305 e. The number of amides is 2. The number of phenolic OH excluding ortho intramolecular Hbond substituents is 1. The molecular formula is C22H20N2O6S2. The van der Waals surface area contributed by atoms with E-state index >= 15 is 0 Å². The molecule has 1 saturated heterocycles. The number of aromatic nitrogens is 1. The lowest BCUT2D eigenvalue weighted by Crippen LogP contribution is -2.42. The van der Waals surface area contributed by atoms with Crippen molar-refractivity contribution in [1.29, 1.82) is 0 Å². The molecule has 0 unspecified atom stereocenters. The molecule has 2 amide bonds. The number of phenols is 1. The Hall–Kier alpha value is -2.59. The van der Waals surface area contributed by atoms with E-state index in [0.29, 0.717) is 0 Å². The summed E-state index contributed by atoms with van der Waals surface area (Å²) < 4.78 is 0. The minimum absolute atomic E-state index is 0.00896. The SMILES string of the molecule is O=C(O)CCN1C(=O)[C@@H]2[C@H]3C[C@@H]([C@@H]2C1=O)[C@H]1[C@@H](c2ccccc2O)c2sc(=O)[nH]c2S[C@@H]31. The molecular weight excluding hydrogens is 452 g/mol. The molecule has 4 aliphatic rings. The Labute approximate surface area is 190 Å². The van der Waals surface area contributed by atoms with E-state index in [1.54, 1.807) is 23.9 Å². The van der Waals surface area contributed by atoms with Crippen LogP contribution in [0.25, 0.3) is 0 Å². The first-order valence-electron chi connectivity index (χ1n) is 10.6. The lowest BCUT2D eigenvalue weighted by Gasteiger charge is -2.43. The second kappa shape index (κ2) is 6.95. The predicted molar refractivity (Wildman–Crippen MR) is 116 cm³/mol. The Balaban J connectivity index is 1.43. The van der Waals surface area contributed by atoms with Gasteiger partial charge in [0.1, 0.15) is 5.75 Å². The zero-order valence-electron chi connectivity index (χ0n) is 16.8. The van der Waals surface area contributed by atoms with Gasteiger partial charge in [0.05, 0.1) is 23.3 Å². The van der Waals surface area contributed by atoms with Crippen LogP contribution in [-0.2, 0) is 14.4 Å². The zero-order chi connectivity index (χ0) is 22.3. The fourth-order valence-electron chi connectivity index (χ4n) is 6.61. The molecule has 7 atom stereocenters. The number of aromatic amines is 1. The molecule has 166 valence electrons. The number of nitrogens with one attached hydrogen (secondary N) is 1. The van der Waals surface area contributed by atoms with Gasteiger partial charge < -0.3 is 15.2 Å². The number of benzene rings is 1. The molecule has 8 nitrogen and oxygen atoms in total. The minimum atomic E-state index is -1.04. The van der Waals surface area contributed by atoms with Crippen LogP contribution < -0.4 is 4.87 Å². The lowest BCUT2D eigenvalue weighted by molar-refractivity contribution is -0.142. The number of likely N-dealkylation sites (tertiary alicyclic amines) is 1. The Bertz CT molecular complexity index is 1220. The Kier molecular flexibility index (Phi) is 4.36. The largest absolute Gasteiger partial charge is 0.508 e. The third-order valence-corrected chi connectivity index (χ3v) is 10.2. The molecule has 32 heavy (non-hydrogen) atoms. The van der Waals surface area contributed by atoms with Gasteiger partial charge in [0.15, 0.2) is 0 Å². The van der Waals surface area contributed by atoms with Crippen LogP contribution >= 0.6 is 23.1 Å². The number of carbonyl (C=O) groups excluding carboxylic acids is 2. The third kappa shape index (κ3) is 2.62. The van der Waals surface area contributed by atoms with Crippen molar-refractivity contribution in [2.75, 3.05) is 6.54 Å². The second-order valence-electron chi connectivity index (χ2n) is 8.99. The highest BCUT2D eigenvalue weighted by atomic mass is 32.2. The van der Waals surface area contributed by atoms with Gasteiger partial charge in [0, 0.05) is 28.2 Å². The average molecular weight is 473 g/mol. The van der Waals surface area contributed by atoms with E-state index in [1.807, 2.05) is 12.1 Å². The number of aromatic hydroxyl groups is 1. The Morgan fingerprint density at radius 3 is 2.56 bits per heavy atom. The normalized spacial score (nSPS) is 34.5. The molecule has 3 N–H and O–H groups in total. The summed E-state index contributed by atoms with van der Waals surface area (Å²) in [7, 11) is 0. The standard InChI is InChI=1S/C22H20N2O6S2/c25-11-4-2-1-3-8(11)13-14-9-7-10(17(14)31-19-18(13)32-22(30)23-19)16-15(9)20(28)24(21(16)29)6-5-12(26)27/h1-4,9-10,13-17,25H,5-7H2,(H,23,30)(H,26,27)/t9-,10-,13-,14+,15+,16-,17+/m1/s1. The van der Waals surface area contributed by atoms with E-state index in [2.05, 4.69) is 4.98 Å². The number of para-hydroxylation sites is 1. The van der Waals surface area contributed by atoms with Gasteiger partial charge in [0.2, 0.25) is 11.8 Å². The maximum atomic E-state index is 13.2. The first kappa shape index (κ1) is 20.0. The summed E-state index contributed by atoms with van der Waals surface area (Å²) in [6, 6.07) is 7.11. The number of imide groups is 1. The van der Waals surface area contributed by atoms with Gasteiger partial charge in [0.25, 0.3) is 0 Å². The quantitative estimate of drug-likeness (QED) is 0.582. The number of hydrogen-bond acceptors (Lipinski definition) is 7. The van der Waals surface area contributed by atoms with E-state index in [4.69, 9.17) is 5.11 Å².